The van der Waals surface area contributed by atoms with Gasteiger partial charge in [0.1, 0.15) is 23.1 Å². The van der Waals surface area contributed by atoms with Gasteiger partial charge in [0.05, 0.1) is 29.7 Å². The zero-order chi connectivity index (χ0) is 21.5. The topological polar surface area (TPSA) is 58.5 Å². The largest absolute Gasteiger partial charge is 0.375 e. The number of aromatic amines is 1. The number of aromatic nitrogens is 4. The first-order chi connectivity index (χ1) is 15.0. The molecule has 6 nitrogen and oxygen atoms in total. The average Bonchev–Trinajstić information content (AvgIpc) is 3.36. The van der Waals surface area contributed by atoms with Crippen molar-refractivity contribution >= 4 is 5.65 Å². The quantitative estimate of drug-likeness (QED) is 0.542. The van der Waals surface area contributed by atoms with E-state index in [-0.39, 0.29) is 11.7 Å². The van der Waals surface area contributed by atoms with Gasteiger partial charge in [-0.2, -0.15) is 0 Å². The number of hydrogen-bond acceptors (Lipinski definition) is 4. The molecule has 160 valence electrons. The highest BCUT2D eigenvalue weighted by molar-refractivity contribution is 5.71. The summed E-state index contributed by atoms with van der Waals surface area (Å²) in [5.41, 5.74) is 2.95. The summed E-state index contributed by atoms with van der Waals surface area (Å²) in [7, 11) is 2.04. The molecule has 1 saturated heterocycles. The molecule has 0 radical (unpaired) electrons. The first-order valence-corrected chi connectivity index (χ1v) is 10.3. The Morgan fingerprint density at radius 2 is 2.03 bits per heavy atom. The van der Waals surface area contributed by atoms with Crippen molar-refractivity contribution < 1.29 is 13.5 Å². The number of hydrogen-bond donors (Lipinski definition) is 1. The van der Waals surface area contributed by atoms with Crippen molar-refractivity contribution in [3.8, 4) is 22.6 Å². The number of halogens is 2. The van der Waals surface area contributed by atoms with Crippen LogP contribution in [0.3, 0.4) is 0 Å². The molecule has 4 aromatic rings. The number of nitrogens with one attached hydrogen (secondary N) is 1. The van der Waals surface area contributed by atoms with Crippen LogP contribution in [0.1, 0.15) is 11.3 Å². The molecule has 1 aliphatic rings. The van der Waals surface area contributed by atoms with E-state index in [1.807, 2.05) is 36.7 Å². The summed E-state index contributed by atoms with van der Waals surface area (Å²) in [6.07, 6.45) is 5.48. The predicted molar refractivity (Wildman–Crippen MR) is 114 cm³/mol. The fraction of sp³-hybridized carbons (Fsp3) is 0.304. The molecule has 3 aromatic heterocycles. The Balaban J connectivity index is 1.64. The standard InChI is InChI=1S/C23H23F2N5O/c1-14-3-6-30-19(12-16-13-29(2)7-8-31-16)22(28-20(30)9-14)21-17(24)10-15(11-18(21)25)23-26-4-5-27-23/h3-6,9-11,16H,7-8,12-13H2,1-2H3,(H,26,27). The maximum atomic E-state index is 15.2. The SMILES string of the molecule is Cc1ccn2c(CC3CN(C)CCO3)c(-c3c(F)cc(-c4ncc[nH]4)cc3F)nc2c1. The van der Waals surface area contributed by atoms with Gasteiger partial charge in [0.15, 0.2) is 0 Å². The zero-order valence-corrected chi connectivity index (χ0v) is 17.4. The van der Waals surface area contributed by atoms with Crippen molar-refractivity contribution in [2.75, 3.05) is 26.7 Å². The van der Waals surface area contributed by atoms with E-state index in [0.29, 0.717) is 35.8 Å². The second-order valence-electron chi connectivity index (χ2n) is 8.05. The van der Waals surface area contributed by atoms with E-state index in [9.17, 15) is 0 Å². The molecule has 1 unspecified atom stereocenters. The van der Waals surface area contributed by atoms with E-state index in [1.54, 1.807) is 12.4 Å². The number of aryl methyl sites for hydroxylation is 1. The summed E-state index contributed by atoms with van der Waals surface area (Å²) in [4.78, 5) is 13.8. The third-order valence-electron chi connectivity index (χ3n) is 5.69. The molecule has 0 amide bonds. The Labute approximate surface area is 178 Å². The molecule has 1 N–H and O–H groups in total. The molecular formula is C23H23F2N5O. The van der Waals surface area contributed by atoms with E-state index in [1.165, 1.54) is 12.1 Å². The minimum absolute atomic E-state index is 0.0767. The van der Waals surface area contributed by atoms with Gasteiger partial charge in [0.2, 0.25) is 0 Å². The van der Waals surface area contributed by atoms with Crippen LogP contribution >= 0.6 is 0 Å². The van der Waals surface area contributed by atoms with Crippen molar-refractivity contribution in [2.24, 2.45) is 0 Å². The maximum absolute atomic E-state index is 15.2. The summed E-state index contributed by atoms with van der Waals surface area (Å²) in [6.45, 7) is 4.22. The van der Waals surface area contributed by atoms with Crippen LogP contribution in [-0.2, 0) is 11.2 Å². The van der Waals surface area contributed by atoms with Gasteiger partial charge in [-0.05, 0) is 43.8 Å². The first kappa shape index (κ1) is 19.8. The minimum atomic E-state index is -0.672. The molecule has 0 saturated carbocycles. The molecule has 31 heavy (non-hydrogen) atoms. The lowest BCUT2D eigenvalue weighted by molar-refractivity contribution is -0.0190. The van der Waals surface area contributed by atoms with Crippen molar-refractivity contribution in [2.45, 2.75) is 19.4 Å². The Morgan fingerprint density at radius 3 is 2.74 bits per heavy atom. The number of likely N-dealkylation sites (N-methyl/N-ethyl adjacent to an activating group) is 1. The van der Waals surface area contributed by atoms with Crippen molar-refractivity contribution in [1.29, 1.82) is 0 Å². The van der Waals surface area contributed by atoms with E-state index in [0.717, 1.165) is 24.3 Å². The van der Waals surface area contributed by atoms with Crippen LogP contribution in [0.15, 0.2) is 42.9 Å². The fourth-order valence-electron chi connectivity index (χ4n) is 4.16. The second-order valence-corrected chi connectivity index (χ2v) is 8.05. The van der Waals surface area contributed by atoms with E-state index in [2.05, 4.69) is 19.9 Å². The predicted octanol–water partition coefficient (Wildman–Crippen LogP) is 3.85. The van der Waals surface area contributed by atoms with Crippen molar-refractivity contribution in [3.05, 3.63) is 65.7 Å². The van der Waals surface area contributed by atoms with E-state index in [4.69, 9.17) is 4.74 Å². The fourth-order valence-corrected chi connectivity index (χ4v) is 4.16. The highest BCUT2D eigenvalue weighted by Crippen LogP contribution is 2.33. The van der Waals surface area contributed by atoms with Gasteiger partial charge >= 0.3 is 0 Å². The maximum Gasteiger partial charge on any atom is 0.137 e. The lowest BCUT2D eigenvalue weighted by Gasteiger charge is -2.30. The van der Waals surface area contributed by atoms with Crippen LogP contribution in [0.4, 0.5) is 8.78 Å². The number of benzene rings is 1. The van der Waals surface area contributed by atoms with Gasteiger partial charge in [0.25, 0.3) is 0 Å². The highest BCUT2D eigenvalue weighted by Gasteiger charge is 2.26. The van der Waals surface area contributed by atoms with Gasteiger partial charge in [-0.25, -0.2) is 18.7 Å². The Hall–Kier alpha value is -3.10. The number of nitrogens with zero attached hydrogens (tertiary/aromatic N) is 4. The number of pyridine rings is 1. The Bertz CT molecular complexity index is 1210. The van der Waals surface area contributed by atoms with E-state index >= 15 is 8.78 Å². The molecule has 1 aliphatic heterocycles. The van der Waals surface area contributed by atoms with Crippen LogP contribution in [0.5, 0.6) is 0 Å². The van der Waals surface area contributed by atoms with Gasteiger partial charge in [-0.15, -0.1) is 0 Å². The summed E-state index contributed by atoms with van der Waals surface area (Å²) >= 11 is 0. The third-order valence-corrected chi connectivity index (χ3v) is 5.69. The van der Waals surface area contributed by atoms with Gasteiger partial charge in [-0.3, -0.25) is 0 Å². The molecule has 0 aliphatic carbocycles. The van der Waals surface area contributed by atoms with Crippen molar-refractivity contribution in [3.63, 3.8) is 0 Å². The van der Waals surface area contributed by atoms with Crippen LogP contribution in [-0.4, -0.2) is 57.1 Å². The first-order valence-electron chi connectivity index (χ1n) is 10.3. The Kier molecular flexibility index (Phi) is 5.03. The summed E-state index contributed by atoms with van der Waals surface area (Å²) in [5, 5.41) is 0. The monoisotopic (exact) mass is 423 g/mol. The number of morpholine rings is 1. The molecule has 0 spiro atoms. The van der Waals surface area contributed by atoms with Crippen LogP contribution < -0.4 is 0 Å². The van der Waals surface area contributed by atoms with Gasteiger partial charge < -0.3 is 19.0 Å². The summed E-state index contributed by atoms with van der Waals surface area (Å²) in [6, 6.07) is 6.46. The van der Waals surface area contributed by atoms with Crippen molar-refractivity contribution in [1.82, 2.24) is 24.3 Å². The summed E-state index contributed by atoms with van der Waals surface area (Å²) in [5.74, 6) is -0.933. The number of imidazole rings is 2. The molecule has 5 rings (SSSR count). The smallest absolute Gasteiger partial charge is 0.137 e. The molecule has 0 bridgehead atoms. The van der Waals surface area contributed by atoms with Crippen LogP contribution in [0.25, 0.3) is 28.3 Å². The minimum Gasteiger partial charge on any atom is -0.375 e. The zero-order valence-electron chi connectivity index (χ0n) is 17.4. The molecule has 1 aromatic carbocycles. The van der Waals surface area contributed by atoms with Crippen LogP contribution in [0, 0.1) is 18.6 Å². The lowest BCUT2D eigenvalue weighted by Crippen LogP contribution is -2.41. The normalized spacial score (nSPS) is 17.5. The third kappa shape index (κ3) is 3.73. The molecule has 1 atom stereocenters. The highest BCUT2D eigenvalue weighted by atomic mass is 19.1. The number of ether oxygens (including phenoxy) is 1. The number of fused-ring (bicyclic) bond motifs is 1. The number of H-pyrrole nitrogens is 1. The van der Waals surface area contributed by atoms with Crippen LogP contribution in [0.2, 0.25) is 0 Å². The molecular weight excluding hydrogens is 400 g/mol. The molecule has 1 fully saturated rings. The molecule has 8 heteroatoms. The summed E-state index contributed by atoms with van der Waals surface area (Å²) < 4.78 is 38.3. The van der Waals surface area contributed by atoms with Gasteiger partial charge in [0, 0.05) is 43.7 Å². The Morgan fingerprint density at radius 1 is 1.23 bits per heavy atom. The van der Waals surface area contributed by atoms with E-state index < -0.39 is 11.6 Å². The van der Waals surface area contributed by atoms with Gasteiger partial charge in [-0.1, -0.05) is 0 Å². The second kappa shape index (κ2) is 7.86. The molecule has 4 heterocycles. The number of rotatable bonds is 4. The average molecular weight is 423 g/mol. The lowest BCUT2D eigenvalue weighted by atomic mass is 10.0.